The summed E-state index contributed by atoms with van der Waals surface area (Å²) in [5.41, 5.74) is -1.52. The molecule has 0 spiro atoms. The Morgan fingerprint density at radius 2 is 1.97 bits per heavy atom. The monoisotopic (exact) mass is 436 g/mol. The highest BCUT2D eigenvalue weighted by atomic mass is 35.5. The highest BCUT2D eigenvalue weighted by Gasteiger charge is 2.39. The van der Waals surface area contributed by atoms with Gasteiger partial charge in [0.15, 0.2) is 5.54 Å². The van der Waals surface area contributed by atoms with Crippen molar-refractivity contribution in [1.82, 2.24) is 10.3 Å². The fourth-order valence-corrected chi connectivity index (χ4v) is 3.89. The summed E-state index contributed by atoms with van der Waals surface area (Å²) in [7, 11) is 0. The molecule has 3 aromatic rings. The van der Waals surface area contributed by atoms with Crippen LogP contribution in [0.15, 0.2) is 47.8 Å². The van der Waals surface area contributed by atoms with Crippen molar-refractivity contribution in [3.63, 3.8) is 0 Å². The Kier molecular flexibility index (Phi) is 5.95. The van der Waals surface area contributed by atoms with Crippen molar-refractivity contribution in [3.05, 3.63) is 75.8 Å². The zero-order valence-electron chi connectivity index (χ0n) is 15.1. The van der Waals surface area contributed by atoms with Crippen molar-refractivity contribution in [3.8, 4) is 10.6 Å². The Morgan fingerprint density at radius 3 is 2.66 bits per heavy atom. The smallest absolute Gasteiger partial charge is 0.333 e. The molecule has 0 saturated carbocycles. The second kappa shape index (κ2) is 8.26. The molecule has 0 radical (unpaired) electrons. The van der Waals surface area contributed by atoms with Crippen LogP contribution in [0.4, 0.5) is 8.78 Å². The molecule has 9 heteroatoms. The van der Waals surface area contributed by atoms with Gasteiger partial charge in [0.1, 0.15) is 16.6 Å². The van der Waals surface area contributed by atoms with Crippen LogP contribution < -0.4 is 5.32 Å². The van der Waals surface area contributed by atoms with Crippen LogP contribution in [-0.2, 0) is 21.5 Å². The Hall–Kier alpha value is -2.84. The molecule has 0 saturated heterocycles. The van der Waals surface area contributed by atoms with E-state index in [1.165, 1.54) is 11.3 Å². The van der Waals surface area contributed by atoms with E-state index in [4.69, 9.17) is 11.6 Å². The van der Waals surface area contributed by atoms with Crippen LogP contribution in [-0.4, -0.2) is 22.0 Å². The number of hydrogen-bond donors (Lipinski definition) is 2. The van der Waals surface area contributed by atoms with Crippen molar-refractivity contribution in [1.29, 1.82) is 0 Å². The molecule has 0 aliphatic carbocycles. The molecule has 1 atom stereocenters. The number of thiazole rings is 1. The van der Waals surface area contributed by atoms with Gasteiger partial charge in [-0.15, -0.1) is 11.3 Å². The Bertz CT molecular complexity index is 1090. The second-order valence-corrected chi connectivity index (χ2v) is 7.67. The highest BCUT2D eigenvalue weighted by molar-refractivity contribution is 7.13. The van der Waals surface area contributed by atoms with E-state index in [2.05, 4.69) is 10.3 Å². The second-order valence-electron chi connectivity index (χ2n) is 6.40. The predicted molar refractivity (Wildman–Crippen MR) is 106 cm³/mol. The standard InChI is InChI=1S/C20H15ClF2N2O3S/c1-20(19(27)28,14-8-11(22)6-7-16(14)23)25-17(26)9-12-10-29-18(24-12)13-4-2-3-5-15(13)21/h2-8,10H,9H2,1H3,(H,25,26)(H,27,28). The number of benzene rings is 2. The summed E-state index contributed by atoms with van der Waals surface area (Å²) in [5, 5.41) is 14.6. The van der Waals surface area contributed by atoms with Crippen LogP contribution in [0.25, 0.3) is 10.6 Å². The molecule has 1 amide bonds. The molecule has 2 N–H and O–H groups in total. The SMILES string of the molecule is CC(NC(=O)Cc1csc(-c2ccccc2Cl)n1)(C(=O)O)c1cc(F)ccc1F. The summed E-state index contributed by atoms with van der Waals surface area (Å²) in [4.78, 5) is 28.6. The van der Waals surface area contributed by atoms with Crippen molar-refractivity contribution < 1.29 is 23.5 Å². The first kappa shape index (κ1) is 20.9. The van der Waals surface area contributed by atoms with Gasteiger partial charge in [-0.3, -0.25) is 4.79 Å². The van der Waals surface area contributed by atoms with Crippen molar-refractivity contribution in [2.45, 2.75) is 18.9 Å². The van der Waals surface area contributed by atoms with E-state index in [0.717, 1.165) is 25.1 Å². The first-order chi connectivity index (χ1) is 13.7. The number of carbonyl (C=O) groups is 2. The van der Waals surface area contributed by atoms with Crippen LogP contribution in [0, 0.1) is 11.6 Å². The molecular formula is C20H15ClF2N2O3S. The van der Waals surface area contributed by atoms with Gasteiger partial charge in [0.2, 0.25) is 5.91 Å². The fourth-order valence-electron chi connectivity index (χ4n) is 2.75. The maximum Gasteiger partial charge on any atom is 0.333 e. The molecule has 1 unspecified atom stereocenters. The normalized spacial score (nSPS) is 13.0. The molecular weight excluding hydrogens is 422 g/mol. The van der Waals surface area contributed by atoms with Crippen LogP contribution in [0.1, 0.15) is 18.2 Å². The fraction of sp³-hybridized carbons (Fsp3) is 0.150. The third-order valence-electron chi connectivity index (χ3n) is 4.28. The summed E-state index contributed by atoms with van der Waals surface area (Å²) in [6.45, 7) is 1.10. The molecule has 29 heavy (non-hydrogen) atoms. The summed E-state index contributed by atoms with van der Waals surface area (Å²) in [6.07, 6.45) is -0.235. The molecule has 150 valence electrons. The minimum atomic E-state index is -2.15. The zero-order valence-corrected chi connectivity index (χ0v) is 16.7. The van der Waals surface area contributed by atoms with E-state index < -0.39 is 34.6 Å². The Balaban J connectivity index is 1.81. The van der Waals surface area contributed by atoms with Gasteiger partial charge in [-0.25, -0.2) is 18.6 Å². The van der Waals surface area contributed by atoms with Crippen LogP contribution in [0.2, 0.25) is 5.02 Å². The number of amides is 1. The van der Waals surface area contributed by atoms with Gasteiger partial charge < -0.3 is 10.4 Å². The Labute approximate surface area is 174 Å². The summed E-state index contributed by atoms with van der Waals surface area (Å²) in [5.74, 6) is -3.97. The average Bonchev–Trinajstić information content (AvgIpc) is 3.11. The number of aromatic nitrogens is 1. The molecule has 0 aliphatic rings. The maximum absolute atomic E-state index is 14.1. The first-order valence-corrected chi connectivity index (χ1v) is 9.65. The Morgan fingerprint density at radius 1 is 1.24 bits per heavy atom. The van der Waals surface area contributed by atoms with E-state index >= 15 is 0 Å². The van der Waals surface area contributed by atoms with Gasteiger partial charge in [0.05, 0.1) is 17.1 Å². The summed E-state index contributed by atoms with van der Waals surface area (Å²) in [6, 6.07) is 9.54. The van der Waals surface area contributed by atoms with Gasteiger partial charge in [-0.05, 0) is 31.2 Å². The number of halogens is 3. The van der Waals surface area contributed by atoms with E-state index in [9.17, 15) is 23.5 Å². The van der Waals surface area contributed by atoms with Gasteiger partial charge in [-0.1, -0.05) is 29.8 Å². The van der Waals surface area contributed by atoms with Crippen LogP contribution in [0.3, 0.4) is 0 Å². The topological polar surface area (TPSA) is 79.3 Å². The van der Waals surface area contributed by atoms with Crippen molar-refractivity contribution in [2.75, 3.05) is 0 Å². The highest BCUT2D eigenvalue weighted by Crippen LogP contribution is 2.30. The van der Waals surface area contributed by atoms with E-state index in [1.54, 1.807) is 29.6 Å². The van der Waals surface area contributed by atoms with Gasteiger partial charge >= 0.3 is 5.97 Å². The third kappa shape index (κ3) is 4.44. The summed E-state index contributed by atoms with van der Waals surface area (Å²) >= 11 is 7.43. The molecule has 3 rings (SSSR count). The number of aliphatic carboxylic acids is 1. The molecule has 0 bridgehead atoms. The molecule has 5 nitrogen and oxygen atoms in total. The van der Waals surface area contributed by atoms with E-state index in [0.29, 0.717) is 21.3 Å². The van der Waals surface area contributed by atoms with E-state index in [1.807, 2.05) is 0 Å². The number of carbonyl (C=O) groups excluding carboxylic acids is 1. The van der Waals surface area contributed by atoms with Crippen molar-refractivity contribution >= 4 is 34.8 Å². The molecule has 0 fully saturated rings. The molecule has 0 aliphatic heterocycles. The number of nitrogens with one attached hydrogen (secondary N) is 1. The molecule has 2 aromatic carbocycles. The summed E-state index contributed by atoms with van der Waals surface area (Å²) < 4.78 is 27.7. The number of rotatable bonds is 6. The van der Waals surface area contributed by atoms with Gasteiger partial charge in [-0.2, -0.15) is 0 Å². The minimum Gasteiger partial charge on any atom is -0.479 e. The van der Waals surface area contributed by atoms with Crippen LogP contribution in [0.5, 0.6) is 0 Å². The third-order valence-corrected chi connectivity index (χ3v) is 5.54. The predicted octanol–water partition coefficient (Wildman–Crippen LogP) is 4.40. The minimum absolute atomic E-state index is 0.235. The van der Waals surface area contributed by atoms with Gasteiger partial charge in [0, 0.05) is 16.5 Å². The van der Waals surface area contributed by atoms with Crippen molar-refractivity contribution in [2.24, 2.45) is 0 Å². The number of nitrogens with zero attached hydrogens (tertiary/aromatic N) is 1. The number of hydrogen-bond acceptors (Lipinski definition) is 4. The molecule has 1 heterocycles. The lowest BCUT2D eigenvalue weighted by Gasteiger charge is -2.27. The van der Waals surface area contributed by atoms with Gasteiger partial charge in [0.25, 0.3) is 0 Å². The quantitative estimate of drug-likeness (QED) is 0.600. The molecule has 1 aromatic heterocycles. The van der Waals surface area contributed by atoms with E-state index in [-0.39, 0.29) is 6.42 Å². The lowest BCUT2D eigenvalue weighted by Crippen LogP contribution is -2.50. The van der Waals surface area contributed by atoms with Crippen LogP contribution >= 0.6 is 22.9 Å². The first-order valence-electron chi connectivity index (χ1n) is 8.40. The zero-order chi connectivity index (χ0) is 21.2. The largest absolute Gasteiger partial charge is 0.479 e. The maximum atomic E-state index is 14.1. The lowest BCUT2D eigenvalue weighted by molar-refractivity contribution is -0.147. The lowest BCUT2D eigenvalue weighted by atomic mass is 9.91. The number of carboxylic acid groups (broad SMARTS) is 1. The average molecular weight is 437 g/mol. The number of carboxylic acids is 1.